The Balaban J connectivity index is 1.81. The predicted octanol–water partition coefficient (Wildman–Crippen LogP) is 4.76. The van der Waals surface area contributed by atoms with Gasteiger partial charge in [0.05, 0.1) is 18.2 Å². The van der Waals surface area contributed by atoms with Crippen molar-refractivity contribution in [3.63, 3.8) is 0 Å². The van der Waals surface area contributed by atoms with Crippen LogP contribution >= 0.6 is 0 Å². The molecule has 0 aliphatic carbocycles. The fraction of sp³-hybridized carbons (Fsp3) is 0.214. The zero-order valence-corrected chi connectivity index (χ0v) is 20.3. The molecule has 1 fully saturated rings. The second kappa shape index (κ2) is 10.4. The van der Waals surface area contributed by atoms with E-state index in [9.17, 15) is 19.5 Å². The van der Waals surface area contributed by atoms with Gasteiger partial charge in [-0.15, -0.1) is 0 Å². The van der Waals surface area contributed by atoms with E-state index in [1.165, 1.54) is 11.8 Å². The van der Waals surface area contributed by atoms with E-state index < -0.39 is 17.7 Å². The molecule has 8 nitrogen and oxygen atoms in total. The van der Waals surface area contributed by atoms with Crippen molar-refractivity contribution in [2.75, 3.05) is 16.8 Å². The number of hydrogen-bond donors (Lipinski definition) is 2. The number of pyridine rings is 1. The Kier molecular flexibility index (Phi) is 7.15. The molecule has 0 spiro atoms. The molecule has 184 valence electrons. The molecule has 2 heterocycles. The van der Waals surface area contributed by atoms with Crippen LogP contribution in [-0.2, 0) is 14.4 Å². The number of ether oxygens (including phenoxy) is 1. The van der Waals surface area contributed by atoms with E-state index in [4.69, 9.17) is 4.74 Å². The number of aryl methyl sites for hydroxylation is 1. The van der Waals surface area contributed by atoms with Crippen LogP contribution in [-0.4, -0.2) is 34.3 Å². The van der Waals surface area contributed by atoms with Gasteiger partial charge in [0.2, 0.25) is 5.91 Å². The summed E-state index contributed by atoms with van der Waals surface area (Å²) in [4.78, 5) is 43.3. The van der Waals surface area contributed by atoms with Crippen molar-refractivity contribution in [2.45, 2.75) is 33.2 Å². The first-order valence-electron chi connectivity index (χ1n) is 11.6. The first-order valence-corrected chi connectivity index (χ1v) is 11.6. The van der Waals surface area contributed by atoms with Gasteiger partial charge in [0.25, 0.3) is 11.7 Å². The van der Waals surface area contributed by atoms with Gasteiger partial charge in [-0.05, 0) is 79.1 Å². The number of aliphatic hydroxyl groups excluding tert-OH is 1. The lowest BCUT2D eigenvalue weighted by Crippen LogP contribution is -2.29. The molecule has 0 radical (unpaired) electrons. The van der Waals surface area contributed by atoms with Crippen molar-refractivity contribution in [3.05, 3.63) is 89.3 Å². The average molecular weight is 486 g/mol. The van der Waals surface area contributed by atoms with Crippen LogP contribution in [0.1, 0.15) is 43.0 Å². The predicted molar refractivity (Wildman–Crippen MR) is 137 cm³/mol. The highest BCUT2D eigenvalue weighted by Crippen LogP contribution is 2.42. The largest absolute Gasteiger partial charge is 0.507 e. The number of amides is 2. The molecule has 1 aliphatic heterocycles. The Morgan fingerprint density at radius 2 is 1.78 bits per heavy atom. The van der Waals surface area contributed by atoms with Crippen molar-refractivity contribution in [2.24, 2.45) is 0 Å². The normalized spacial score (nSPS) is 16.8. The number of carbonyl (C=O) groups is 3. The number of carbonyl (C=O) groups excluding carboxylic acids is 3. The third kappa shape index (κ3) is 4.84. The van der Waals surface area contributed by atoms with Gasteiger partial charge >= 0.3 is 0 Å². The number of Topliss-reactive ketones (excluding diaryl/α,β-unsaturated/α-hetero) is 1. The van der Waals surface area contributed by atoms with E-state index in [2.05, 4.69) is 10.3 Å². The number of benzene rings is 2. The molecule has 2 N–H and O–H groups in total. The molecular weight excluding hydrogens is 458 g/mol. The van der Waals surface area contributed by atoms with Gasteiger partial charge in [0.15, 0.2) is 0 Å². The summed E-state index contributed by atoms with van der Waals surface area (Å²) in [6, 6.07) is 14.3. The van der Waals surface area contributed by atoms with Crippen LogP contribution in [0, 0.1) is 6.92 Å². The number of ketones is 1. The minimum absolute atomic E-state index is 0.0150. The van der Waals surface area contributed by atoms with E-state index in [1.807, 2.05) is 13.8 Å². The lowest BCUT2D eigenvalue weighted by atomic mass is 9.95. The van der Waals surface area contributed by atoms with Gasteiger partial charge < -0.3 is 15.2 Å². The summed E-state index contributed by atoms with van der Waals surface area (Å²) >= 11 is 0. The van der Waals surface area contributed by atoms with Crippen molar-refractivity contribution in [1.82, 2.24) is 4.98 Å². The van der Waals surface area contributed by atoms with Crippen LogP contribution in [0.15, 0.2) is 72.6 Å². The molecule has 1 aromatic heterocycles. The minimum atomic E-state index is -0.865. The molecule has 2 amide bonds. The van der Waals surface area contributed by atoms with E-state index in [0.29, 0.717) is 34.9 Å². The Labute approximate surface area is 209 Å². The first-order chi connectivity index (χ1) is 17.3. The molecule has 0 bridgehead atoms. The summed E-state index contributed by atoms with van der Waals surface area (Å²) in [7, 11) is 0. The first kappa shape index (κ1) is 24.7. The van der Waals surface area contributed by atoms with Crippen LogP contribution in [0.3, 0.4) is 0 Å². The third-order valence-corrected chi connectivity index (χ3v) is 5.84. The number of hydrogen-bond acceptors (Lipinski definition) is 6. The van der Waals surface area contributed by atoms with Crippen LogP contribution in [0.25, 0.3) is 5.76 Å². The molecule has 36 heavy (non-hydrogen) atoms. The zero-order valence-electron chi connectivity index (χ0n) is 20.3. The third-order valence-electron chi connectivity index (χ3n) is 5.84. The smallest absolute Gasteiger partial charge is 0.300 e. The molecule has 1 saturated heterocycles. The molecule has 4 rings (SSSR count). The highest BCUT2D eigenvalue weighted by Gasteiger charge is 2.47. The number of aliphatic hydroxyl groups is 1. The van der Waals surface area contributed by atoms with Crippen molar-refractivity contribution in [1.29, 1.82) is 0 Å². The average Bonchev–Trinajstić information content (AvgIpc) is 3.14. The number of aromatic nitrogens is 1. The monoisotopic (exact) mass is 485 g/mol. The molecule has 1 unspecified atom stereocenters. The Hall–Kier alpha value is -4.46. The number of nitrogens with zero attached hydrogens (tertiary/aromatic N) is 2. The Bertz CT molecular complexity index is 1330. The van der Waals surface area contributed by atoms with Gasteiger partial charge in [-0.25, -0.2) is 0 Å². The quantitative estimate of drug-likeness (QED) is 0.284. The van der Waals surface area contributed by atoms with Gasteiger partial charge in [0, 0.05) is 36.3 Å². The van der Waals surface area contributed by atoms with Crippen LogP contribution in [0.4, 0.5) is 11.4 Å². The van der Waals surface area contributed by atoms with Crippen LogP contribution < -0.4 is 15.0 Å². The summed E-state index contributed by atoms with van der Waals surface area (Å²) in [6.07, 6.45) is 4.00. The van der Waals surface area contributed by atoms with Gasteiger partial charge in [-0.2, -0.15) is 0 Å². The van der Waals surface area contributed by atoms with Gasteiger partial charge in [-0.3, -0.25) is 24.3 Å². The maximum Gasteiger partial charge on any atom is 0.300 e. The number of anilines is 2. The maximum atomic E-state index is 13.3. The van der Waals surface area contributed by atoms with Crippen molar-refractivity contribution in [3.8, 4) is 5.75 Å². The highest BCUT2D eigenvalue weighted by molar-refractivity contribution is 6.51. The maximum absolute atomic E-state index is 13.3. The highest BCUT2D eigenvalue weighted by atomic mass is 16.5. The second-order valence-electron chi connectivity index (χ2n) is 8.51. The van der Waals surface area contributed by atoms with E-state index >= 15 is 0 Å². The molecule has 8 heteroatoms. The van der Waals surface area contributed by atoms with Gasteiger partial charge in [-0.1, -0.05) is 6.92 Å². The minimum Gasteiger partial charge on any atom is -0.507 e. The molecule has 3 aromatic rings. The summed E-state index contributed by atoms with van der Waals surface area (Å²) in [6.45, 7) is 5.85. The molecular formula is C28H27N3O5. The lowest BCUT2D eigenvalue weighted by Gasteiger charge is -2.25. The molecule has 2 aromatic carbocycles. The summed E-state index contributed by atoms with van der Waals surface area (Å²) in [5.74, 6) is -1.34. The standard InChI is InChI=1S/C28H27N3O5/c1-4-15-36-23-10-5-20(16-17(23)2)26(33)24-25(19-11-13-29-14-12-19)31(28(35)27(24)34)22-8-6-21(7-9-22)30-18(3)32/h5-14,16,25,33H,4,15H2,1-3H3,(H,30,32)/b26-24-. The summed E-state index contributed by atoms with van der Waals surface area (Å²) in [5.41, 5.74) is 2.83. The van der Waals surface area contributed by atoms with Crippen molar-refractivity contribution >= 4 is 34.7 Å². The second-order valence-corrected chi connectivity index (χ2v) is 8.51. The van der Waals surface area contributed by atoms with E-state index in [0.717, 1.165) is 12.0 Å². The molecule has 1 aliphatic rings. The van der Waals surface area contributed by atoms with Crippen LogP contribution in [0.5, 0.6) is 5.75 Å². The number of nitrogens with one attached hydrogen (secondary N) is 1. The SMILES string of the molecule is CCCOc1ccc(/C(O)=C2/C(=O)C(=O)N(c3ccc(NC(C)=O)cc3)C2c2ccncc2)cc1C. The Morgan fingerprint density at radius 3 is 2.39 bits per heavy atom. The molecule has 1 atom stereocenters. The molecule has 0 saturated carbocycles. The van der Waals surface area contributed by atoms with Crippen molar-refractivity contribution < 1.29 is 24.2 Å². The Morgan fingerprint density at radius 1 is 1.08 bits per heavy atom. The number of rotatable bonds is 7. The van der Waals surface area contributed by atoms with E-state index in [-0.39, 0.29) is 17.2 Å². The zero-order chi connectivity index (χ0) is 25.8. The van der Waals surface area contributed by atoms with E-state index in [1.54, 1.807) is 67.0 Å². The van der Waals surface area contributed by atoms with Gasteiger partial charge in [0.1, 0.15) is 11.5 Å². The fourth-order valence-corrected chi connectivity index (χ4v) is 4.19. The topological polar surface area (TPSA) is 109 Å². The summed E-state index contributed by atoms with van der Waals surface area (Å²) < 4.78 is 5.72. The summed E-state index contributed by atoms with van der Waals surface area (Å²) in [5, 5.41) is 14.0. The lowest BCUT2D eigenvalue weighted by molar-refractivity contribution is -0.132. The fourth-order valence-electron chi connectivity index (χ4n) is 4.19. The van der Waals surface area contributed by atoms with Crippen LogP contribution in [0.2, 0.25) is 0 Å².